The third kappa shape index (κ3) is 2.74. The van der Waals surface area contributed by atoms with Crippen LogP contribution >= 0.6 is 11.8 Å². The molecule has 5 nitrogen and oxygen atoms in total. The Morgan fingerprint density at radius 1 is 1.63 bits per heavy atom. The SMILES string of the molecule is [C]C1C(CCCNC(C)=O)S[C@@H]2C(C(C)O)C(=O)N12. The predicted octanol–water partition coefficient (Wildman–Crippen LogP) is 0.140. The van der Waals surface area contributed by atoms with Gasteiger partial charge in [-0.15, -0.1) is 11.8 Å². The van der Waals surface area contributed by atoms with E-state index in [1.54, 1.807) is 23.6 Å². The molecule has 2 aliphatic rings. The van der Waals surface area contributed by atoms with Crippen molar-refractivity contribution in [1.29, 1.82) is 0 Å². The molecule has 0 saturated carbocycles. The van der Waals surface area contributed by atoms with Crippen molar-refractivity contribution in [3.05, 3.63) is 6.92 Å². The van der Waals surface area contributed by atoms with E-state index in [4.69, 9.17) is 6.92 Å². The molecule has 3 radical (unpaired) electrons. The average Bonchev–Trinajstić information content (AvgIpc) is 2.56. The van der Waals surface area contributed by atoms with E-state index in [1.807, 2.05) is 0 Å². The highest BCUT2D eigenvalue weighted by Crippen LogP contribution is 2.49. The summed E-state index contributed by atoms with van der Waals surface area (Å²) in [5, 5.41) is 12.3. The van der Waals surface area contributed by atoms with Crippen LogP contribution in [0.15, 0.2) is 0 Å². The van der Waals surface area contributed by atoms with Gasteiger partial charge in [0.15, 0.2) is 0 Å². The van der Waals surface area contributed by atoms with E-state index in [0.717, 1.165) is 12.8 Å². The first-order valence-electron chi connectivity index (χ1n) is 6.54. The van der Waals surface area contributed by atoms with E-state index in [0.29, 0.717) is 6.54 Å². The van der Waals surface area contributed by atoms with Gasteiger partial charge in [-0.2, -0.15) is 0 Å². The summed E-state index contributed by atoms with van der Waals surface area (Å²) in [5.74, 6) is -0.496. The number of hydrogen-bond donors (Lipinski definition) is 2. The van der Waals surface area contributed by atoms with Crippen LogP contribution in [0, 0.1) is 12.8 Å². The van der Waals surface area contributed by atoms with Crippen LogP contribution in [-0.2, 0) is 9.59 Å². The number of nitrogens with one attached hydrogen (secondary N) is 1. The van der Waals surface area contributed by atoms with E-state index in [-0.39, 0.29) is 28.4 Å². The Labute approximate surface area is 118 Å². The fourth-order valence-corrected chi connectivity index (χ4v) is 4.45. The summed E-state index contributed by atoms with van der Waals surface area (Å²) in [7, 11) is 0. The van der Waals surface area contributed by atoms with Gasteiger partial charge in [0.1, 0.15) is 0 Å². The molecule has 2 aliphatic heterocycles. The summed E-state index contributed by atoms with van der Waals surface area (Å²) in [6, 6.07) is -0.519. The Morgan fingerprint density at radius 3 is 2.89 bits per heavy atom. The van der Waals surface area contributed by atoms with Gasteiger partial charge >= 0.3 is 0 Å². The lowest BCUT2D eigenvalue weighted by Gasteiger charge is -2.45. The van der Waals surface area contributed by atoms with Gasteiger partial charge in [0.25, 0.3) is 0 Å². The second-order valence-corrected chi connectivity index (χ2v) is 6.51. The summed E-state index contributed by atoms with van der Waals surface area (Å²) in [6.45, 7) is 11.8. The standard InChI is InChI=1S/C13H19N2O3S/c1-7-10(5-4-6-14-9(3)17)19-13-11(8(2)16)12(18)15(7)13/h7-8,10-11,13,16H,4-6H2,2-3H3,(H,14,17)/t7?,8?,10?,11?,13-/m1/s1. The predicted molar refractivity (Wildman–Crippen MR) is 72.1 cm³/mol. The average molecular weight is 283 g/mol. The lowest BCUT2D eigenvalue weighted by atomic mass is 9.90. The molecule has 19 heavy (non-hydrogen) atoms. The van der Waals surface area contributed by atoms with Crippen LogP contribution in [0.25, 0.3) is 0 Å². The molecule has 2 N–H and O–H groups in total. The number of carbonyl (C=O) groups excluding carboxylic acids is 2. The van der Waals surface area contributed by atoms with Crippen LogP contribution in [-0.4, -0.2) is 51.1 Å². The molecule has 5 atom stereocenters. The highest BCUT2D eigenvalue weighted by atomic mass is 32.2. The Balaban J connectivity index is 1.82. The molecule has 0 aromatic rings. The number of nitrogens with zero attached hydrogens (tertiary/aromatic N) is 1. The second-order valence-electron chi connectivity index (χ2n) is 5.15. The van der Waals surface area contributed by atoms with E-state index >= 15 is 0 Å². The van der Waals surface area contributed by atoms with Gasteiger partial charge in [-0.3, -0.25) is 9.59 Å². The topological polar surface area (TPSA) is 69.6 Å². The van der Waals surface area contributed by atoms with Crippen molar-refractivity contribution in [1.82, 2.24) is 10.2 Å². The third-order valence-electron chi connectivity index (χ3n) is 3.65. The first kappa shape index (κ1) is 14.7. The summed E-state index contributed by atoms with van der Waals surface area (Å²) in [4.78, 5) is 24.2. The highest BCUT2D eigenvalue weighted by molar-refractivity contribution is 8.01. The molecular weight excluding hydrogens is 264 g/mol. The van der Waals surface area contributed by atoms with Crippen LogP contribution < -0.4 is 5.32 Å². The van der Waals surface area contributed by atoms with Gasteiger partial charge in [-0.1, -0.05) is 0 Å². The molecule has 2 saturated heterocycles. The Hall–Kier alpha value is -0.750. The first-order chi connectivity index (χ1) is 8.93. The molecule has 2 heterocycles. The van der Waals surface area contributed by atoms with E-state index in [2.05, 4.69) is 5.32 Å². The Morgan fingerprint density at radius 2 is 2.32 bits per heavy atom. The zero-order chi connectivity index (χ0) is 14.2. The van der Waals surface area contributed by atoms with Gasteiger partial charge in [0.2, 0.25) is 11.8 Å². The number of β-lactam (4-membered cyclic amide) rings is 1. The molecule has 105 valence electrons. The van der Waals surface area contributed by atoms with Crippen molar-refractivity contribution in [2.45, 2.75) is 49.5 Å². The van der Waals surface area contributed by atoms with Crippen molar-refractivity contribution >= 4 is 23.6 Å². The fourth-order valence-electron chi connectivity index (χ4n) is 2.63. The number of aliphatic hydroxyl groups is 1. The summed E-state index contributed by atoms with van der Waals surface area (Å²) < 4.78 is 0. The van der Waals surface area contributed by atoms with E-state index < -0.39 is 12.1 Å². The number of carbonyl (C=O) groups is 2. The molecule has 0 aromatic heterocycles. The smallest absolute Gasteiger partial charge is 0.232 e. The summed E-state index contributed by atoms with van der Waals surface area (Å²) in [5.41, 5.74) is 0. The highest BCUT2D eigenvalue weighted by Gasteiger charge is 2.58. The number of amides is 2. The van der Waals surface area contributed by atoms with Gasteiger partial charge in [0, 0.05) is 25.6 Å². The van der Waals surface area contributed by atoms with Gasteiger partial charge < -0.3 is 15.3 Å². The van der Waals surface area contributed by atoms with Crippen LogP contribution in [0.4, 0.5) is 0 Å². The van der Waals surface area contributed by atoms with E-state index in [1.165, 1.54) is 6.92 Å². The summed E-state index contributed by atoms with van der Waals surface area (Å²) >= 11 is 1.61. The minimum atomic E-state index is -0.647. The number of rotatable bonds is 5. The maximum atomic E-state index is 11.8. The summed E-state index contributed by atoms with van der Waals surface area (Å²) in [6.07, 6.45) is 0.957. The quantitative estimate of drug-likeness (QED) is 0.556. The number of hydrogen-bond acceptors (Lipinski definition) is 4. The normalized spacial score (nSPS) is 34.7. The first-order valence-corrected chi connectivity index (χ1v) is 7.49. The fraction of sp³-hybridized carbons (Fsp3) is 0.769. The second kappa shape index (κ2) is 5.71. The molecule has 0 aliphatic carbocycles. The monoisotopic (exact) mass is 283 g/mol. The lowest BCUT2D eigenvalue weighted by molar-refractivity contribution is -0.157. The van der Waals surface area contributed by atoms with Crippen LogP contribution in [0.3, 0.4) is 0 Å². The maximum Gasteiger partial charge on any atom is 0.232 e. The van der Waals surface area contributed by atoms with Crippen molar-refractivity contribution < 1.29 is 14.7 Å². The van der Waals surface area contributed by atoms with Crippen molar-refractivity contribution in [3.8, 4) is 0 Å². The zero-order valence-corrected chi connectivity index (χ0v) is 11.9. The van der Waals surface area contributed by atoms with Gasteiger partial charge in [-0.05, 0) is 19.8 Å². The van der Waals surface area contributed by atoms with Crippen molar-refractivity contribution in [2.24, 2.45) is 5.92 Å². The Bertz CT molecular complexity index is 375. The van der Waals surface area contributed by atoms with E-state index in [9.17, 15) is 14.7 Å². The van der Waals surface area contributed by atoms with Crippen LogP contribution in [0.2, 0.25) is 0 Å². The number of thioether (sulfide) groups is 1. The molecule has 0 bridgehead atoms. The number of fused-ring (bicyclic) bond motifs is 1. The lowest BCUT2D eigenvalue weighted by Crippen LogP contribution is -2.62. The minimum Gasteiger partial charge on any atom is -0.392 e. The van der Waals surface area contributed by atoms with Gasteiger partial charge in [0.05, 0.1) is 23.4 Å². The Kier molecular flexibility index (Phi) is 4.40. The molecule has 6 heteroatoms. The molecule has 2 rings (SSSR count). The minimum absolute atomic E-state index is 0.0410. The molecular formula is C13H19N2O3S. The zero-order valence-electron chi connectivity index (χ0n) is 11.1. The molecule has 2 fully saturated rings. The van der Waals surface area contributed by atoms with Crippen molar-refractivity contribution in [2.75, 3.05) is 6.54 Å². The maximum absolute atomic E-state index is 11.8. The van der Waals surface area contributed by atoms with Crippen LogP contribution in [0.1, 0.15) is 26.7 Å². The molecule has 0 spiro atoms. The molecule has 0 aromatic carbocycles. The molecule has 4 unspecified atom stereocenters. The van der Waals surface area contributed by atoms with Crippen LogP contribution in [0.5, 0.6) is 0 Å². The third-order valence-corrected chi connectivity index (χ3v) is 5.29. The largest absolute Gasteiger partial charge is 0.392 e. The molecule has 2 amide bonds. The van der Waals surface area contributed by atoms with Crippen molar-refractivity contribution in [3.63, 3.8) is 0 Å². The van der Waals surface area contributed by atoms with Gasteiger partial charge in [-0.25, -0.2) is 0 Å². The number of aliphatic hydroxyl groups excluding tert-OH is 1.